The maximum atomic E-state index is 11.7. The van der Waals surface area contributed by atoms with Crippen LogP contribution in [0.5, 0.6) is 0 Å². The number of amides is 1. The molecule has 4 nitrogen and oxygen atoms in total. The Morgan fingerprint density at radius 1 is 1.53 bits per heavy atom. The maximum absolute atomic E-state index is 11.7. The Labute approximate surface area is 89.4 Å². The molecule has 1 saturated heterocycles. The highest BCUT2D eigenvalue weighted by atomic mass is 16.2. The summed E-state index contributed by atoms with van der Waals surface area (Å²) >= 11 is 0. The minimum absolute atomic E-state index is 0.109. The van der Waals surface area contributed by atoms with Gasteiger partial charge in [-0.05, 0) is 12.8 Å². The minimum Gasteiger partial charge on any atom is -0.359 e. The molecule has 1 amide bonds. The largest absolute Gasteiger partial charge is 0.359 e. The first-order valence-corrected chi connectivity index (χ1v) is 5.54. The molecule has 2 aliphatic rings. The van der Waals surface area contributed by atoms with Crippen LogP contribution in [0.3, 0.4) is 0 Å². The number of aldehydes is 1. The first-order valence-electron chi connectivity index (χ1n) is 5.54. The van der Waals surface area contributed by atoms with Gasteiger partial charge in [0.05, 0.1) is 5.92 Å². The van der Waals surface area contributed by atoms with Crippen molar-refractivity contribution in [1.82, 2.24) is 4.90 Å². The lowest BCUT2D eigenvalue weighted by molar-refractivity contribution is -0.127. The van der Waals surface area contributed by atoms with Crippen LogP contribution in [0.2, 0.25) is 0 Å². The van der Waals surface area contributed by atoms with Crippen LogP contribution in [0.4, 0.5) is 0 Å². The van der Waals surface area contributed by atoms with Crippen molar-refractivity contribution < 1.29 is 9.59 Å². The quantitative estimate of drug-likeness (QED) is 0.632. The van der Waals surface area contributed by atoms with Gasteiger partial charge in [-0.15, -0.1) is 0 Å². The van der Waals surface area contributed by atoms with Gasteiger partial charge in [0.2, 0.25) is 0 Å². The molecule has 2 unspecified atom stereocenters. The molecular formula is C11H16N2O2. The van der Waals surface area contributed by atoms with E-state index in [-0.39, 0.29) is 17.7 Å². The van der Waals surface area contributed by atoms with Gasteiger partial charge in [-0.25, -0.2) is 4.99 Å². The van der Waals surface area contributed by atoms with Gasteiger partial charge in [-0.1, -0.05) is 6.92 Å². The van der Waals surface area contributed by atoms with E-state index in [1.54, 1.807) is 6.92 Å². The lowest BCUT2D eigenvalue weighted by atomic mass is 9.91. The van der Waals surface area contributed by atoms with Crippen LogP contribution in [0, 0.1) is 11.8 Å². The summed E-state index contributed by atoms with van der Waals surface area (Å²) in [5, 5.41) is 0. The van der Waals surface area contributed by atoms with Gasteiger partial charge < -0.3 is 9.69 Å². The number of carbonyl (C=O) groups excluding carboxylic acids is 2. The standard InChI is InChI=1S/C11H16N2O2/c1-8(7-14)9-6-13-5-3-2-4-10(13)12-11(9)15/h7-9H,2-6H2,1H3. The molecule has 2 heterocycles. The zero-order chi connectivity index (χ0) is 10.8. The molecule has 0 aromatic heterocycles. The molecule has 82 valence electrons. The number of hydrogen-bond acceptors (Lipinski definition) is 3. The summed E-state index contributed by atoms with van der Waals surface area (Å²) in [5.41, 5.74) is 0. The number of rotatable bonds is 2. The number of piperidine rings is 1. The van der Waals surface area contributed by atoms with Crippen molar-refractivity contribution in [3.63, 3.8) is 0 Å². The Balaban J connectivity index is 2.16. The number of aliphatic imine (C=N–C) groups is 1. The summed E-state index contributed by atoms with van der Waals surface area (Å²) in [6.45, 7) is 3.45. The van der Waals surface area contributed by atoms with Gasteiger partial charge in [0, 0.05) is 25.4 Å². The molecule has 0 radical (unpaired) electrons. The second kappa shape index (κ2) is 4.13. The van der Waals surface area contributed by atoms with E-state index in [1.807, 2.05) is 0 Å². The molecule has 0 bridgehead atoms. The van der Waals surface area contributed by atoms with Crippen LogP contribution in [0.1, 0.15) is 26.2 Å². The fraction of sp³-hybridized carbons (Fsp3) is 0.727. The van der Waals surface area contributed by atoms with Crippen molar-refractivity contribution in [2.24, 2.45) is 16.8 Å². The highest BCUT2D eigenvalue weighted by Crippen LogP contribution is 2.23. The minimum atomic E-state index is -0.232. The molecule has 0 N–H and O–H groups in total. The van der Waals surface area contributed by atoms with Crippen molar-refractivity contribution in [3.8, 4) is 0 Å². The highest BCUT2D eigenvalue weighted by molar-refractivity contribution is 5.99. The van der Waals surface area contributed by atoms with Gasteiger partial charge >= 0.3 is 0 Å². The van der Waals surface area contributed by atoms with E-state index in [4.69, 9.17) is 0 Å². The summed E-state index contributed by atoms with van der Waals surface area (Å²) in [7, 11) is 0. The van der Waals surface area contributed by atoms with Gasteiger partial charge in [-0.3, -0.25) is 4.79 Å². The highest BCUT2D eigenvalue weighted by Gasteiger charge is 2.33. The van der Waals surface area contributed by atoms with E-state index in [9.17, 15) is 9.59 Å². The summed E-state index contributed by atoms with van der Waals surface area (Å²) in [6, 6.07) is 0. The van der Waals surface area contributed by atoms with Crippen LogP contribution in [0.25, 0.3) is 0 Å². The fourth-order valence-electron chi connectivity index (χ4n) is 2.21. The predicted molar refractivity (Wildman–Crippen MR) is 56.6 cm³/mol. The Kier molecular flexibility index (Phi) is 2.84. The third kappa shape index (κ3) is 1.94. The smallest absolute Gasteiger partial charge is 0.252 e. The molecule has 1 fully saturated rings. The SMILES string of the molecule is CC(C=O)C1CN2CCCCC2=NC1=O. The van der Waals surface area contributed by atoms with Crippen LogP contribution >= 0.6 is 0 Å². The summed E-state index contributed by atoms with van der Waals surface area (Å²) in [5.74, 6) is 0.373. The molecule has 2 atom stereocenters. The second-order valence-electron chi connectivity index (χ2n) is 4.37. The van der Waals surface area contributed by atoms with E-state index < -0.39 is 0 Å². The molecule has 4 heteroatoms. The van der Waals surface area contributed by atoms with Gasteiger partial charge in [0.1, 0.15) is 12.1 Å². The topological polar surface area (TPSA) is 49.7 Å². The van der Waals surface area contributed by atoms with E-state index in [2.05, 4.69) is 9.89 Å². The number of carbonyl (C=O) groups is 2. The number of amidine groups is 1. The summed E-state index contributed by atoms with van der Waals surface area (Å²) < 4.78 is 0. The zero-order valence-corrected chi connectivity index (χ0v) is 8.98. The first kappa shape index (κ1) is 10.3. The van der Waals surface area contributed by atoms with Gasteiger partial charge in [0.15, 0.2) is 0 Å². The molecule has 0 aromatic carbocycles. The molecule has 0 saturated carbocycles. The first-order chi connectivity index (χ1) is 7.22. The van der Waals surface area contributed by atoms with Crippen molar-refractivity contribution in [3.05, 3.63) is 0 Å². The normalized spacial score (nSPS) is 28.1. The molecular weight excluding hydrogens is 192 g/mol. The third-order valence-electron chi connectivity index (χ3n) is 3.27. The molecule has 15 heavy (non-hydrogen) atoms. The average Bonchev–Trinajstić information content (AvgIpc) is 2.27. The van der Waals surface area contributed by atoms with Crippen LogP contribution in [-0.4, -0.2) is 36.0 Å². The van der Waals surface area contributed by atoms with Gasteiger partial charge in [0.25, 0.3) is 5.91 Å². The van der Waals surface area contributed by atoms with Crippen molar-refractivity contribution in [2.75, 3.05) is 13.1 Å². The fourth-order valence-corrected chi connectivity index (χ4v) is 2.21. The third-order valence-corrected chi connectivity index (χ3v) is 3.27. The van der Waals surface area contributed by atoms with Crippen molar-refractivity contribution in [2.45, 2.75) is 26.2 Å². The Morgan fingerprint density at radius 3 is 3.07 bits per heavy atom. The van der Waals surface area contributed by atoms with E-state index in [1.165, 1.54) is 0 Å². The van der Waals surface area contributed by atoms with Crippen LogP contribution < -0.4 is 0 Å². The van der Waals surface area contributed by atoms with Crippen molar-refractivity contribution >= 4 is 18.0 Å². The lowest BCUT2D eigenvalue weighted by Gasteiger charge is -2.36. The Hall–Kier alpha value is -1.19. The lowest BCUT2D eigenvalue weighted by Crippen LogP contribution is -2.47. The van der Waals surface area contributed by atoms with E-state index in [0.29, 0.717) is 6.54 Å². The second-order valence-corrected chi connectivity index (χ2v) is 4.37. The number of fused-ring (bicyclic) bond motifs is 1. The monoisotopic (exact) mass is 208 g/mol. The van der Waals surface area contributed by atoms with Crippen LogP contribution in [-0.2, 0) is 9.59 Å². The molecule has 0 aliphatic carbocycles. The summed E-state index contributed by atoms with van der Waals surface area (Å²) in [6.07, 6.45) is 4.05. The molecule has 2 aliphatic heterocycles. The average molecular weight is 208 g/mol. The number of hydrogen-bond donors (Lipinski definition) is 0. The molecule has 0 aromatic rings. The predicted octanol–water partition coefficient (Wildman–Crippen LogP) is 0.862. The van der Waals surface area contributed by atoms with Crippen LogP contribution in [0.15, 0.2) is 4.99 Å². The Morgan fingerprint density at radius 2 is 2.33 bits per heavy atom. The number of nitrogens with zero attached hydrogens (tertiary/aromatic N) is 2. The zero-order valence-electron chi connectivity index (χ0n) is 8.98. The summed E-state index contributed by atoms with van der Waals surface area (Å²) in [4.78, 5) is 28.6. The van der Waals surface area contributed by atoms with Gasteiger partial charge in [-0.2, -0.15) is 0 Å². The van der Waals surface area contributed by atoms with E-state index >= 15 is 0 Å². The molecule has 2 rings (SSSR count). The molecule has 0 spiro atoms. The van der Waals surface area contributed by atoms with Crippen molar-refractivity contribution in [1.29, 1.82) is 0 Å². The Bertz CT molecular complexity index is 312. The maximum Gasteiger partial charge on any atom is 0.252 e. The van der Waals surface area contributed by atoms with E-state index in [0.717, 1.165) is 37.9 Å².